The van der Waals surface area contributed by atoms with Crippen LogP contribution in [-0.4, -0.2) is 69.2 Å². The third kappa shape index (κ3) is 6.04. The molecule has 2 aromatic carbocycles. The van der Waals surface area contributed by atoms with E-state index in [4.69, 9.17) is 25.8 Å². The van der Waals surface area contributed by atoms with Crippen molar-refractivity contribution in [3.05, 3.63) is 45.0 Å². The summed E-state index contributed by atoms with van der Waals surface area (Å²) >= 11 is 7.59. The highest BCUT2D eigenvalue weighted by atomic mass is 35.5. The third-order valence-electron chi connectivity index (χ3n) is 5.06. The van der Waals surface area contributed by atoms with Gasteiger partial charge < -0.3 is 19.1 Å². The van der Waals surface area contributed by atoms with Crippen molar-refractivity contribution in [2.24, 2.45) is 0 Å². The van der Waals surface area contributed by atoms with E-state index in [0.717, 1.165) is 0 Å². The molecule has 13 heteroatoms. The number of carbonyl (C=O) groups excluding carboxylic acids is 1. The largest absolute Gasteiger partial charge is 0.494 e. The van der Waals surface area contributed by atoms with Crippen LogP contribution in [0.4, 0.5) is 10.8 Å². The van der Waals surface area contributed by atoms with Gasteiger partial charge in [-0.15, -0.1) is 12.4 Å². The first kappa shape index (κ1) is 28.4. The smallest absolute Gasteiger partial charge is 0.286 e. The van der Waals surface area contributed by atoms with Gasteiger partial charge in [-0.2, -0.15) is 0 Å². The van der Waals surface area contributed by atoms with Crippen molar-refractivity contribution < 1.29 is 23.9 Å². The Hall–Kier alpha value is -2.86. The molecule has 0 aliphatic heterocycles. The van der Waals surface area contributed by atoms with Gasteiger partial charge in [0.1, 0.15) is 16.8 Å². The molecule has 0 saturated carbocycles. The zero-order chi connectivity index (χ0) is 25.0. The molecule has 1 aromatic heterocycles. The first-order valence-corrected chi connectivity index (χ1v) is 11.4. The molecule has 0 N–H and O–H groups in total. The number of ether oxygens (including phenoxy) is 3. The summed E-state index contributed by atoms with van der Waals surface area (Å²) in [5.74, 6) is 0.292. The molecule has 1 heterocycles. The van der Waals surface area contributed by atoms with Crippen molar-refractivity contribution in [1.29, 1.82) is 0 Å². The first-order chi connectivity index (χ1) is 16.2. The van der Waals surface area contributed by atoms with Crippen LogP contribution in [0, 0.1) is 10.1 Å². The van der Waals surface area contributed by atoms with Gasteiger partial charge in [-0.1, -0.05) is 22.9 Å². The lowest BCUT2D eigenvalue weighted by Crippen LogP contribution is -2.34. The van der Waals surface area contributed by atoms with Crippen LogP contribution >= 0.6 is 35.3 Å². The van der Waals surface area contributed by atoms with Gasteiger partial charge in [0.2, 0.25) is 0 Å². The van der Waals surface area contributed by atoms with Crippen LogP contribution in [0.3, 0.4) is 0 Å². The minimum atomic E-state index is -0.620. The van der Waals surface area contributed by atoms with E-state index in [1.54, 1.807) is 12.1 Å². The van der Waals surface area contributed by atoms with E-state index in [2.05, 4.69) is 4.98 Å². The average molecular weight is 545 g/mol. The lowest BCUT2D eigenvalue weighted by molar-refractivity contribution is -0.385. The number of thiazole rings is 1. The Bertz CT molecular complexity index is 1220. The van der Waals surface area contributed by atoms with Crippen LogP contribution in [0.1, 0.15) is 16.8 Å². The molecular weight excluding hydrogens is 519 g/mol. The monoisotopic (exact) mass is 544 g/mol. The topological polar surface area (TPSA) is 107 Å². The molecule has 0 unspecified atom stereocenters. The Morgan fingerprint density at radius 1 is 1.09 bits per heavy atom. The van der Waals surface area contributed by atoms with Crippen LogP contribution in [-0.2, 0) is 0 Å². The van der Waals surface area contributed by atoms with E-state index >= 15 is 0 Å². The molecule has 0 aliphatic rings. The standard InChI is InChI=1S/C22H25ClN4O6S.ClH/c1-25(2)9-6-10-26(22-24-19-16(31-3)8-7-14(23)20(19)34-22)21(28)13-11-17(32-4)18(33-5)12-15(13)27(29)30;/h7-8,11-12H,6,9-10H2,1-5H3;1H. The quantitative estimate of drug-likeness (QED) is 0.262. The number of hydrogen-bond donors (Lipinski definition) is 0. The highest BCUT2D eigenvalue weighted by Gasteiger charge is 2.30. The number of fused-ring (bicyclic) bond motifs is 1. The highest BCUT2D eigenvalue weighted by molar-refractivity contribution is 7.23. The van der Waals surface area contributed by atoms with E-state index in [9.17, 15) is 14.9 Å². The second kappa shape index (κ2) is 12.2. The molecule has 3 rings (SSSR count). The molecule has 0 saturated heterocycles. The number of halogens is 2. The molecule has 35 heavy (non-hydrogen) atoms. The summed E-state index contributed by atoms with van der Waals surface area (Å²) < 4.78 is 16.5. The molecule has 0 bridgehead atoms. The molecule has 1 amide bonds. The van der Waals surface area contributed by atoms with Crippen LogP contribution in [0.15, 0.2) is 24.3 Å². The van der Waals surface area contributed by atoms with Crippen molar-refractivity contribution in [2.75, 3.05) is 53.4 Å². The van der Waals surface area contributed by atoms with Gasteiger partial charge >= 0.3 is 0 Å². The number of carbonyl (C=O) groups is 1. The number of benzene rings is 2. The number of amides is 1. The van der Waals surface area contributed by atoms with Gasteiger partial charge in [0.15, 0.2) is 16.6 Å². The second-order valence-electron chi connectivity index (χ2n) is 7.52. The summed E-state index contributed by atoms with van der Waals surface area (Å²) in [6, 6.07) is 5.90. The van der Waals surface area contributed by atoms with E-state index in [1.165, 1.54) is 49.7 Å². The normalized spacial score (nSPS) is 10.7. The van der Waals surface area contributed by atoms with Gasteiger partial charge in [-0.3, -0.25) is 19.8 Å². The zero-order valence-electron chi connectivity index (χ0n) is 19.9. The van der Waals surface area contributed by atoms with Crippen molar-refractivity contribution in [3.63, 3.8) is 0 Å². The van der Waals surface area contributed by atoms with Gasteiger partial charge in [-0.05, 0) is 39.2 Å². The fraction of sp³-hybridized carbons (Fsp3) is 0.364. The zero-order valence-corrected chi connectivity index (χ0v) is 22.3. The molecule has 190 valence electrons. The lowest BCUT2D eigenvalue weighted by Gasteiger charge is -2.21. The van der Waals surface area contributed by atoms with Crippen molar-refractivity contribution in [2.45, 2.75) is 6.42 Å². The number of anilines is 1. The third-order valence-corrected chi connectivity index (χ3v) is 6.60. The predicted molar refractivity (Wildman–Crippen MR) is 139 cm³/mol. The lowest BCUT2D eigenvalue weighted by atomic mass is 10.1. The summed E-state index contributed by atoms with van der Waals surface area (Å²) in [5, 5.41) is 12.6. The highest BCUT2D eigenvalue weighted by Crippen LogP contribution is 2.40. The minimum Gasteiger partial charge on any atom is -0.494 e. The molecule has 0 aliphatic carbocycles. The molecule has 0 radical (unpaired) electrons. The number of hydrogen-bond acceptors (Lipinski definition) is 9. The van der Waals surface area contributed by atoms with Crippen LogP contribution in [0.2, 0.25) is 5.02 Å². The molecule has 3 aromatic rings. The van der Waals surface area contributed by atoms with Crippen LogP contribution in [0.5, 0.6) is 17.2 Å². The molecule has 0 fully saturated rings. The molecule has 0 spiro atoms. The SMILES string of the molecule is COc1cc(C(=O)N(CCCN(C)C)c2nc3c(OC)ccc(Cl)c3s2)c([N+](=O)[O-])cc1OC.Cl. The second-order valence-corrected chi connectivity index (χ2v) is 8.90. The van der Waals surface area contributed by atoms with E-state index in [-0.39, 0.29) is 36.0 Å². The van der Waals surface area contributed by atoms with Crippen molar-refractivity contribution in [3.8, 4) is 17.2 Å². The number of aromatic nitrogens is 1. The molecule has 0 atom stereocenters. The Balaban J connectivity index is 0.00000432. The van der Waals surface area contributed by atoms with E-state index in [0.29, 0.717) is 39.1 Å². The van der Waals surface area contributed by atoms with Gasteiger partial charge in [0.25, 0.3) is 11.6 Å². The average Bonchev–Trinajstić information content (AvgIpc) is 3.26. The summed E-state index contributed by atoms with van der Waals surface area (Å²) in [5.41, 5.74) is -0.0102. The first-order valence-electron chi connectivity index (χ1n) is 10.2. The maximum Gasteiger partial charge on any atom is 0.286 e. The number of rotatable bonds is 10. The number of nitrogens with zero attached hydrogens (tertiary/aromatic N) is 4. The van der Waals surface area contributed by atoms with E-state index < -0.39 is 16.5 Å². The van der Waals surface area contributed by atoms with E-state index in [1.807, 2.05) is 19.0 Å². The van der Waals surface area contributed by atoms with Crippen molar-refractivity contribution >= 4 is 62.3 Å². The maximum atomic E-state index is 13.7. The van der Waals surface area contributed by atoms with Gasteiger partial charge in [0.05, 0.1) is 42.0 Å². The summed E-state index contributed by atoms with van der Waals surface area (Å²) in [6.45, 7) is 0.981. The fourth-order valence-electron chi connectivity index (χ4n) is 3.39. The summed E-state index contributed by atoms with van der Waals surface area (Å²) in [4.78, 5) is 33.0. The Morgan fingerprint density at radius 2 is 1.71 bits per heavy atom. The molecular formula is C22H26Cl2N4O6S. The van der Waals surface area contributed by atoms with Gasteiger partial charge in [-0.25, -0.2) is 4.98 Å². The number of nitro benzene ring substituents is 1. The number of methoxy groups -OCH3 is 3. The number of nitro groups is 1. The summed E-state index contributed by atoms with van der Waals surface area (Å²) in [6.07, 6.45) is 0.612. The van der Waals surface area contributed by atoms with Crippen LogP contribution < -0.4 is 19.1 Å². The fourth-order valence-corrected chi connectivity index (χ4v) is 4.67. The predicted octanol–water partition coefficient (Wildman–Crippen LogP) is 4.90. The Morgan fingerprint density at radius 3 is 2.29 bits per heavy atom. The maximum absolute atomic E-state index is 13.7. The van der Waals surface area contributed by atoms with Crippen LogP contribution in [0.25, 0.3) is 10.2 Å². The Kier molecular flexibility index (Phi) is 9.90. The van der Waals surface area contributed by atoms with Gasteiger partial charge in [0, 0.05) is 12.6 Å². The Labute approximate surface area is 217 Å². The van der Waals surface area contributed by atoms with Crippen molar-refractivity contribution in [1.82, 2.24) is 9.88 Å². The minimum absolute atomic E-state index is 0. The molecule has 10 nitrogen and oxygen atoms in total. The summed E-state index contributed by atoms with van der Waals surface area (Å²) in [7, 11) is 8.14.